The first kappa shape index (κ1) is 9.77. The largest absolute Gasteiger partial charge is 0.470 e. The summed E-state index contributed by atoms with van der Waals surface area (Å²) in [4.78, 5) is 7.74. The number of hydrogen-bond donors (Lipinski definition) is 1. The fourth-order valence-electron chi connectivity index (χ4n) is 0.748. The maximum atomic E-state index is 5.63. The number of hydrogen-bond acceptors (Lipinski definition) is 4. The van der Waals surface area contributed by atoms with E-state index in [0.29, 0.717) is 11.6 Å². The van der Waals surface area contributed by atoms with Crippen LogP contribution in [-0.2, 0) is 0 Å². The highest BCUT2D eigenvalue weighted by molar-refractivity contribution is 5.44. The van der Waals surface area contributed by atoms with Gasteiger partial charge in [0.1, 0.15) is 17.6 Å². The minimum atomic E-state index is -0.234. The lowest BCUT2D eigenvalue weighted by Gasteiger charge is -2.24. The van der Waals surface area contributed by atoms with Crippen LogP contribution in [0.5, 0.6) is 5.88 Å². The van der Waals surface area contributed by atoms with Crippen molar-refractivity contribution in [3.05, 3.63) is 12.5 Å². The molecule has 1 heterocycles. The van der Waals surface area contributed by atoms with Crippen molar-refractivity contribution in [2.24, 2.45) is 0 Å². The molecular weight excluding hydrogens is 166 g/mol. The summed E-state index contributed by atoms with van der Waals surface area (Å²) >= 11 is 0. The summed E-state index contributed by atoms with van der Waals surface area (Å²) < 4.78 is 5.61. The van der Waals surface area contributed by atoms with Crippen molar-refractivity contribution < 1.29 is 4.74 Å². The Bertz CT molecular complexity index is 286. The second kappa shape index (κ2) is 3.60. The number of nitrogens with zero attached hydrogens (tertiary/aromatic N) is 2. The normalized spacial score (nSPS) is 11.3. The first-order valence-corrected chi connectivity index (χ1v) is 4.29. The summed E-state index contributed by atoms with van der Waals surface area (Å²) in [7, 11) is 0. The Balaban J connectivity index is 2.80. The standard InChI is InChI=1S/C9H15N3O/c1-4-9(2,3)13-8-7(10)5-11-6-12-8/h5-6H,4,10H2,1-3H3. The molecule has 0 bridgehead atoms. The second-order valence-corrected chi connectivity index (χ2v) is 3.50. The molecule has 13 heavy (non-hydrogen) atoms. The first-order chi connectivity index (χ1) is 6.05. The number of aromatic nitrogens is 2. The zero-order valence-electron chi connectivity index (χ0n) is 8.24. The van der Waals surface area contributed by atoms with Gasteiger partial charge >= 0.3 is 0 Å². The van der Waals surface area contributed by atoms with E-state index in [4.69, 9.17) is 10.5 Å². The highest BCUT2D eigenvalue weighted by atomic mass is 16.5. The van der Waals surface area contributed by atoms with Gasteiger partial charge in [-0.3, -0.25) is 0 Å². The van der Waals surface area contributed by atoms with E-state index >= 15 is 0 Å². The van der Waals surface area contributed by atoms with E-state index < -0.39 is 0 Å². The van der Waals surface area contributed by atoms with Crippen LogP contribution in [0.3, 0.4) is 0 Å². The molecule has 1 rings (SSSR count). The van der Waals surface area contributed by atoms with Gasteiger partial charge < -0.3 is 10.5 Å². The zero-order valence-corrected chi connectivity index (χ0v) is 8.24. The molecule has 0 saturated carbocycles. The van der Waals surface area contributed by atoms with E-state index in [9.17, 15) is 0 Å². The van der Waals surface area contributed by atoms with Crippen molar-refractivity contribution in [2.45, 2.75) is 32.8 Å². The summed E-state index contributed by atoms with van der Waals surface area (Å²) in [6, 6.07) is 0. The highest BCUT2D eigenvalue weighted by Crippen LogP contribution is 2.22. The van der Waals surface area contributed by atoms with E-state index in [2.05, 4.69) is 16.9 Å². The molecule has 0 aliphatic heterocycles. The molecule has 0 aliphatic rings. The third-order valence-electron chi connectivity index (χ3n) is 1.93. The average Bonchev–Trinajstić information content (AvgIpc) is 2.09. The lowest BCUT2D eigenvalue weighted by atomic mass is 10.1. The molecule has 1 aromatic rings. The molecule has 0 saturated heterocycles. The number of rotatable bonds is 3. The van der Waals surface area contributed by atoms with E-state index in [1.807, 2.05) is 13.8 Å². The molecule has 4 heteroatoms. The average molecular weight is 181 g/mol. The van der Waals surface area contributed by atoms with E-state index in [-0.39, 0.29) is 5.60 Å². The third kappa shape index (κ3) is 2.57. The minimum absolute atomic E-state index is 0.234. The molecule has 0 aromatic carbocycles. The molecule has 2 N–H and O–H groups in total. The van der Waals surface area contributed by atoms with Gasteiger partial charge in [0.2, 0.25) is 5.88 Å². The Morgan fingerprint density at radius 3 is 2.77 bits per heavy atom. The van der Waals surface area contributed by atoms with Gasteiger partial charge in [-0.25, -0.2) is 4.98 Å². The molecule has 0 aliphatic carbocycles. The van der Waals surface area contributed by atoms with E-state index in [0.717, 1.165) is 6.42 Å². The Kier molecular flexibility index (Phi) is 2.70. The van der Waals surface area contributed by atoms with Crippen LogP contribution in [-0.4, -0.2) is 15.6 Å². The third-order valence-corrected chi connectivity index (χ3v) is 1.93. The Morgan fingerprint density at radius 2 is 2.23 bits per heavy atom. The summed E-state index contributed by atoms with van der Waals surface area (Å²) in [5.74, 6) is 0.460. The molecular formula is C9H15N3O. The minimum Gasteiger partial charge on any atom is -0.470 e. The van der Waals surface area contributed by atoms with Gasteiger partial charge in [-0.1, -0.05) is 6.92 Å². The summed E-state index contributed by atoms with van der Waals surface area (Å²) in [6.45, 7) is 6.04. The maximum Gasteiger partial charge on any atom is 0.240 e. The Morgan fingerprint density at radius 1 is 1.54 bits per heavy atom. The summed E-state index contributed by atoms with van der Waals surface area (Å²) in [5, 5.41) is 0. The van der Waals surface area contributed by atoms with Gasteiger partial charge in [-0.15, -0.1) is 0 Å². The van der Waals surface area contributed by atoms with Crippen molar-refractivity contribution in [1.82, 2.24) is 9.97 Å². The number of nitrogen functional groups attached to an aromatic ring is 1. The molecule has 0 spiro atoms. The monoisotopic (exact) mass is 181 g/mol. The second-order valence-electron chi connectivity index (χ2n) is 3.50. The fourth-order valence-corrected chi connectivity index (χ4v) is 0.748. The lowest BCUT2D eigenvalue weighted by molar-refractivity contribution is 0.0999. The molecule has 0 unspecified atom stereocenters. The molecule has 72 valence electrons. The van der Waals surface area contributed by atoms with Crippen LogP contribution in [0.1, 0.15) is 27.2 Å². The molecule has 0 amide bonds. The van der Waals surface area contributed by atoms with Crippen LogP contribution < -0.4 is 10.5 Å². The predicted molar refractivity (Wildman–Crippen MR) is 51.4 cm³/mol. The number of anilines is 1. The van der Waals surface area contributed by atoms with Gasteiger partial charge in [0.15, 0.2) is 0 Å². The molecule has 0 radical (unpaired) electrons. The molecule has 1 aromatic heterocycles. The Hall–Kier alpha value is -1.32. The van der Waals surface area contributed by atoms with Gasteiger partial charge in [-0.05, 0) is 20.3 Å². The van der Waals surface area contributed by atoms with E-state index in [1.54, 1.807) is 0 Å². The van der Waals surface area contributed by atoms with Crippen LogP contribution >= 0.6 is 0 Å². The molecule has 4 nitrogen and oxygen atoms in total. The maximum absolute atomic E-state index is 5.63. The van der Waals surface area contributed by atoms with Gasteiger partial charge in [0.05, 0.1) is 6.20 Å². The topological polar surface area (TPSA) is 61.0 Å². The molecule has 0 fully saturated rings. The van der Waals surface area contributed by atoms with Crippen LogP contribution in [0, 0.1) is 0 Å². The first-order valence-electron chi connectivity index (χ1n) is 4.29. The van der Waals surface area contributed by atoms with Crippen molar-refractivity contribution in [3.63, 3.8) is 0 Å². The summed E-state index contributed by atoms with van der Waals surface area (Å²) in [6.07, 6.45) is 3.86. The van der Waals surface area contributed by atoms with Crippen molar-refractivity contribution in [3.8, 4) is 5.88 Å². The quantitative estimate of drug-likeness (QED) is 0.769. The zero-order chi connectivity index (χ0) is 9.90. The SMILES string of the molecule is CCC(C)(C)Oc1ncncc1N. The van der Waals surface area contributed by atoms with Crippen LogP contribution in [0.2, 0.25) is 0 Å². The van der Waals surface area contributed by atoms with E-state index in [1.165, 1.54) is 12.5 Å². The number of ether oxygens (including phenoxy) is 1. The van der Waals surface area contributed by atoms with Crippen LogP contribution in [0.25, 0.3) is 0 Å². The Labute approximate surface area is 78.1 Å². The summed E-state index contributed by atoms with van der Waals surface area (Å²) in [5.41, 5.74) is 5.87. The fraction of sp³-hybridized carbons (Fsp3) is 0.556. The van der Waals surface area contributed by atoms with Gasteiger partial charge in [0, 0.05) is 0 Å². The van der Waals surface area contributed by atoms with Crippen molar-refractivity contribution in [1.29, 1.82) is 0 Å². The predicted octanol–water partition coefficient (Wildman–Crippen LogP) is 1.63. The smallest absolute Gasteiger partial charge is 0.240 e. The van der Waals surface area contributed by atoms with Gasteiger partial charge in [-0.2, -0.15) is 4.98 Å². The molecule has 0 atom stereocenters. The lowest BCUT2D eigenvalue weighted by Crippen LogP contribution is -2.27. The van der Waals surface area contributed by atoms with Crippen molar-refractivity contribution in [2.75, 3.05) is 5.73 Å². The highest BCUT2D eigenvalue weighted by Gasteiger charge is 2.18. The van der Waals surface area contributed by atoms with Crippen molar-refractivity contribution >= 4 is 5.69 Å². The van der Waals surface area contributed by atoms with Crippen LogP contribution in [0.4, 0.5) is 5.69 Å². The number of nitrogens with two attached hydrogens (primary N) is 1. The van der Waals surface area contributed by atoms with Crippen LogP contribution in [0.15, 0.2) is 12.5 Å². The van der Waals surface area contributed by atoms with Gasteiger partial charge in [0.25, 0.3) is 0 Å².